The molecule has 3 aromatic rings. The zero-order chi connectivity index (χ0) is 23.8. The van der Waals surface area contributed by atoms with Crippen LogP contribution in [0.4, 0.5) is 17.1 Å². The van der Waals surface area contributed by atoms with Crippen LogP contribution in [-0.2, 0) is 10.0 Å². The van der Waals surface area contributed by atoms with Crippen LogP contribution in [0.3, 0.4) is 0 Å². The first kappa shape index (κ1) is 24.1. The summed E-state index contributed by atoms with van der Waals surface area (Å²) in [6.07, 6.45) is 0. The Morgan fingerprint density at radius 2 is 1.52 bits per heavy atom. The molecule has 0 saturated carbocycles. The Morgan fingerprint density at radius 3 is 2.09 bits per heavy atom. The molecule has 1 N–H and O–H groups in total. The highest BCUT2D eigenvalue weighted by Crippen LogP contribution is 2.28. The van der Waals surface area contributed by atoms with Gasteiger partial charge >= 0.3 is 0 Å². The quantitative estimate of drug-likeness (QED) is 0.427. The molecular formula is C24H26N4O4S. The number of anilines is 1. The molecule has 8 nitrogen and oxygen atoms in total. The summed E-state index contributed by atoms with van der Waals surface area (Å²) >= 11 is 0. The summed E-state index contributed by atoms with van der Waals surface area (Å²) in [5.74, 6) is -0.251. The molecule has 0 aromatic heterocycles. The standard InChI is InChI=1S/C24H26N4O4S/c1-4-28(5-2)33(30,31)23-17-18(11-16-22(23)32-3)24(29)25-19-12-14-21(15-13-19)27-26-20-9-7-6-8-10-20/h6-17H,4-5H2,1-3H3,(H,25,29). The number of benzene rings is 3. The largest absolute Gasteiger partial charge is 0.495 e. The first-order valence-corrected chi connectivity index (χ1v) is 11.9. The summed E-state index contributed by atoms with van der Waals surface area (Å²) < 4.78 is 32.6. The molecule has 3 aromatic carbocycles. The van der Waals surface area contributed by atoms with Crippen LogP contribution in [0.15, 0.2) is 87.9 Å². The number of nitrogens with one attached hydrogen (secondary N) is 1. The molecule has 0 spiro atoms. The minimum atomic E-state index is -3.80. The van der Waals surface area contributed by atoms with E-state index in [1.165, 1.54) is 29.6 Å². The van der Waals surface area contributed by atoms with Crippen LogP contribution in [0.25, 0.3) is 0 Å². The first-order chi connectivity index (χ1) is 15.9. The van der Waals surface area contributed by atoms with Crippen LogP contribution >= 0.6 is 0 Å². The minimum absolute atomic E-state index is 0.0435. The van der Waals surface area contributed by atoms with Gasteiger partial charge in [-0.15, -0.1) is 0 Å². The number of nitrogens with zero attached hydrogens (tertiary/aromatic N) is 3. The Balaban J connectivity index is 1.78. The van der Waals surface area contributed by atoms with Gasteiger partial charge in [0.25, 0.3) is 5.91 Å². The Bertz CT molecular complexity index is 1220. The lowest BCUT2D eigenvalue weighted by molar-refractivity contribution is 0.102. The molecular weight excluding hydrogens is 440 g/mol. The Kier molecular flexibility index (Phi) is 7.92. The first-order valence-electron chi connectivity index (χ1n) is 10.5. The molecule has 9 heteroatoms. The van der Waals surface area contributed by atoms with Crippen molar-refractivity contribution < 1.29 is 17.9 Å². The van der Waals surface area contributed by atoms with E-state index in [4.69, 9.17) is 4.74 Å². The van der Waals surface area contributed by atoms with Crippen LogP contribution in [-0.4, -0.2) is 38.8 Å². The molecule has 0 radical (unpaired) electrons. The molecule has 1 amide bonds. The average molecular weight is 467 g/mol. The third-order valence-electron chi connectivity index (χ3n) is 4.91. The Morgan fingerprint density at radius 1 is 0.909 bits per heavy atom. The van der Waals surface area contributed by atoms with Crippen molar-refractivity contribution >= 4 is 33.0 Å². The van der Waals surface area contributed by atoms with Crippen molar-refractivity contribution in [3.63, 3.8) is 0 Å². The fourth-order valence-electron chi connectivity index (χ4n) is 3.15. The molecule has 0 bridgehead atoms. The minimum Gasteiger partial charge on any atom is -0.495 e. The molecule has 0 unspecified atom stereocenters. The van der Waals surface area contributed by atoms with Gasteiger partial charge in [-0.2, -0.15) is 14.5 Å². The molecule has 0 aliphatic heterocycles. The van der Waals surface area contributed by atoms with E-state index in [-0.39, 0.29) is 16.2 Å². The van der Waals surface area contributed by atoms with Gasteiger partial charge in [-0.1, -0.05) is 32.0 Å². The summed E-state index contributed by atoms with van der Waals surface area (Å²) in [4.78, 5) is 12.8. The molecule has 172 valence electrons. The van der Waals surface area contributed by atoms with Crippen molar-refractivity contribution in [3.8, 4) is 5.75 Å². The molecule has 0 saturated heterocycles. The lowest BCUT2D eigenvalue weighted by Crippen LogP contribution is -2.31. The van der Waals surface area contributed by atoms with Gasteiger partial charge in [0.05, 0.1) is 18.5 Å². The van der Waals surface area contributed by atoms with E-state index in [0.717, 1.165) is 5.69 Å². The number of amides is 1. The number of sulfonamides is 1. The predicted octanol–water partition coefficient (Wildman–Crippen LogP) is 5.39. The number of carbonyl (C=O) groups excluding carboxylic acids is 1. The van der Waals surface area contributed by atoms with Crippen molar-refractivity contribution in [2.75, 3.05) is 25.5 Å². The van der Waals surface area contributed by atoms with Crippen LogP contribution < -0.4 is 10.1 Å². The second kappa shape index (κ2) is 10.8. The zero-order valence-corrected chi connectivity index (χ0v) is 19.5. The maximum Gasteiger partial charge on any atom is 0.255 e. The fraction of sp³-hybridized carbons (Fsp3) is 0.208. The van der Waals surface area contributed by atoms with Gasteiger partial charge in [-0.05, 0) is 54.6 Å². The normalized spacial score (nSPS) is 11.6. The number of ether oxygens (including phenoxy) is 1. The number of methoxy groups -OCH3 is 1. The fourth-order valence-corrected chi connectivity index (χ4v) is 4.79. The van der Waals surface area contributed by atoms with Crippen LogP contribution in [0, 0.1) is 0 Å². The lowest BCUT2D eigenvalue weighted by atomic mass is 10.2. The highest BCUT2D eigenvalue weighted by molar-refractivity contribution is 7.89. The highest BCUT2D eigenvalue weighted by Gasteiger charge is 2.26. The van der Waals surface area contributed by atoms with E-state index in [1.54, 1.807) is 38.1 Å². The van der Waals surface area contributed by atoms with Crippen molar-refractivity contribution in [1.82, 2.24) is 4.31 Å². The van der Waals surface area contributed by atoms with Crippen LogP contribution in [0.1, 0.15) is 24.2 Å². The number of carbonyl (C=O) groups is 1. The molecule has 3 rings (SSSR count). The van der Waals surface area contributed by atoms with E-state index < -0.39 is 15.9 Å². The maximum absolute atomic E-state index is 13.0. The van der Waals surface area contributed by atoms with Crippen molar-refractivity contribution in [2.45, 2.75) is 18.7 Å². The third kappa shape index (κ3) is 5.82. The smallest absolute Gasteiger partial charge is 0.255 e. The highest BCUT2D eigenvalue weighted by atomic mass is 32.2. The van der Waals surface area contributed by atoms with Crippen LogP contribution in [0.2, 0.25) is 0 Å². The molecule has 0 aliphatic carbocycles. The third-order valence-corrected chi connectivity index (χ3v) is 6.98. The van der Waals surface area contributed by atoms with Gasteiger partial charge in [0.15, 0.2) is 0 Å². The Labute approximate surface area is 194 Å². The molecule has 0 heterocycles. The Hall–Kier alpha value is -3.56. The van der Waals surface area contributed by atoms with Crippen molar-refractivity contribution in [3.05, 3.63) is 78.4 Å². The summed E-state index contributed by atoms with van der Waals surface area (Å²) in [5.41, 5.74) is 2.12. The van der Waals surface area contributed by atoms with Gasteiger partial charge in [-0.3, -0.25) is 4.79 Å². The summed E-state index contributed by atoms with van der Waals surface area (Å²) in [7, 11) is -2.41. The van der Waals surface area contributed by atoms with E-state index in [9.17, 15) is 13.2 Å². The van der Waals surface area contributed by atoms with Crippen molar-refractivity contribution in [2.24, 2.45) is 10.2 Å². The van der Waals surface area contributed by atoms with Gasteiger partial charge in [0.1, 0.15) is 10.6 Å². The number of hydrogen-bond donors (Lipinski definition) is 1. The molecule has 33 heavy (non-hydrogen) atoms. The van der Waals surface area contributed by atoms with Crippen LogP contribution in [0.5, 0.6) is 5.75 Å². The van der Waals surface area contributed by atoms with E-state index >= 15 is 0 Å². The van der Waals surface area contributed by atoms with Crippen molar-refractivity contribution in [1.29, 1.82) is 0 Å². The van der Waals surface area contributed by atoms with Gasteiger partial charge in [0.2, 0.25) is 10.0 Å². The summed E-state index contributed by atoms with van der Waals surface area (Å²) in [6.45, 7) is 4.14. The topological polar surface area (TPSA) is 100 Å². The number of hydrogen-bond acceptors (Lipinski definition) is 6. The predicted molar refractivity (Wildman–Crippen MR) is 128 cm³/mol. The lowest BCUT2D eigenvalue weighted by Gasteiger charge is -2.20. The van der Waals surface area contributed by atoms with E-state index in [0.29, 0.717) is 24.5 Å². The number of azo groups is 1. The summed E-state index contributed by atoms with van der Waals surface area (Å²) in [6, 6.07) is 20.6. The zero-order valence-electron chi connectivity index (χ0n) is 18.7. The summed E-state index contributed by atoms with van der Waals surface area (Å²) in [5, 5.41) is 11.1. The van der Waals surface area contributed by atoms with E-state index in [2.05, 4.69) is 15.5 Å². The van der Waals surface area contributed by atoms with Gasteiger partial charge in [-0.25, -0.2) is 8.42 Å². The monoisotopic (exact) mass is 466 g/mol. The van der Waals surface area contributed by atoms with Gasteiger partial charge < -0.3 is 10.1 Å². The number of rotatable bonds is 9. The average Bonchev–Trinajstić information content (AvgIpc) is 2.84. The molecule has 0 fully saturated rings. The SMILES string of the molecule is CCN(CC)S(=O)(=O)c1cc(C(=O)Nc2ccc(N=Nc3ccccc3)cc2)ccc1OC. The molecule has 0 atom stereocenters. The molecule has 0 aliphatic rings. The van der Waals surface area contributed by atoms with Gasteiger partial charge in [0, 0.05) is 24.3 Å². The second-order valence-corrected chi connectivity index (χ2v) is 8.90. The maximum atomic E-state index is 13.0. The van der Waals surface area contributed by atoms with E-state index in [1.807, 2.05) is 30.3 Å². The second-order valence-electron chi connectivity index (χ2n) is 6.99.